The minimum atomic E-state index is -0.292. The third kappa shape index (κ3) is 3.13. The molecule has 1 aromatic heterocycles. The Balaban J connectivity index is 0.000000291. The Hall–Kier alpha value is 0.330. The Morgan fingerprint density at radius 1 is 1.67 bits per heavy atom. The zero-order chi connectivity index (χ0) is 7.28. The van der Waals surface area contributed by atoms with Gasteiger partial charge in [0.1, 0.15) is 0 Å². The largest absolute Gasteiger partial charge is 0.360 e. The second-order valence-electron chi connectivity index (χ2n) is 1.13. The molecule has 5 nitrogen and oxygen atoms in total. The third-order valence-electron chi connectivity index (χ3n) is 0.618. The van der Waals surface area contributed by atoms with Gasteiger partial charge in [-0.2, -0.15) is 4.68 Å². The van der Waals surface area contributed by atoms with E-state index in [2.05, 4.69) is 52.8 Å². The molecule has 0 radical (unpaired) electrons. The SMILES string of the molecule is Cn1nn[nH]c1=O.II. The fourth-order valence-electron chi connectivity index (χ4n) is 0.245. The van der Waals surface area contributed by atoms with Crippen LogP contribution in [0.3, 0.4) is 0 Å². The van der Waals surface area contributed by atoms with Crippen molar-refractivity contribution in [2.45, 2.75) is 0 Å². The average molecular weight is 354 g/mol. The van der Waals surface area contributed by atoms with Gasteiger partial charge in [0.2, 0.25) is 0 Å². The molecule has 0 saturated carbocycles. The lowest BCUT2D eigenvalue weighted by atomic mass is 11.2. The average Bonchev–Trinajstić information content (AvgIpc) is 2.23. The van der Waals surface area contributed by atoms with E-state index in [9.17, 15) is 4.79 Å². The summed E-state index contributed by atoms with van der Waals surface area (Å²) < 4.78 is 1.11. The lowest BCUT2D eigenvalue weighted by Crippen LogP contribution is -2.13. The van der Waals surface area contributed by atoms with Gasteiger partial charge in [0.25, 0.3) is 0 Å². The van der Waals surface area contributed by atoms with E-state index in [1.54, 1.807) is 0 Å². The molecule has 1 aromatic rings. The van der Waals surface area contributed by atoms with E-state index in [-0.39, 0.29) is 5.69 Å². The van der Waals surface area contributed by atoms with Crippen molar-refractivity contribution in [2.75, 3.05) is 0 Å². The molecule has 0 aliphatic carbocycles. The van der Waals surface area contributed by atoms with Gasteiger partial charge in [0.05, 0.1) is 0 Å². The zero-order valence-electron chi connectivity index (χ0n) is 4.51. The third-order valence-corrected chi connectivity index (χ3v) is 0.618. The molecular weight excluding hydrogens is 350 g/mol. The molecule has 0 amide bonds. The summed E-state index contributed by atoms with van der Waals surface area (Å²) >= 11 is 4.24. The van der Waals surface area contributed by atoms with Crippen LogP contribution in [0.25, 0.3) is 0 Å². The Bertz CT molecular complexity index is 204. The number of H-pyrrole nitrogens is 1. The Morgan fingerprint density at radius 3 is 2.33 bits per heavy atom. The number of hydrogen-bond acceptors (Lipinski definition) is 3. The first-order chi connectivity index (χ1) is 4.30. The maximum atomic E-state index is 10.2. The molecule has 0 fully saturated rings. The summed E-state index contributed by atoms with van der Waals surface area (Å²) in [5, 5.41) is 8.63. The molecule has 7 heteroatoms. The first kappa shape index (κ1) is 9.33. The van der Waals surface area contributed by atoms with Gasteiger partial charge in [0.15, 0.2) is 0 Å². The normalized spacial score (nSPS) is 7.89. The Labute approximate surface area is 74.5 Å². The maximum absolute atomic E-state index is 10.2. The molecule has 0 aliphatic rings. The highest BCUT2D eigenvalue weighted by molar-refractivity contribution is 15.0. The van der Waals surface area contributed by atoms with Crippen molar-refractivity contribution in [3.05, 3.63) is 10.5 Å². The summed E-state index contributed by atoms with van der Waals surface area (Å²) in [7, 11) is 1.52. The van der Waals surface area contributed by atoms with Crippen LogP contribution in [-0.4, -0.2) is 20.2 Å². The summed E-state index contributed by atoms with van der Waals surface area (Å²) in [4.78, 5) is 10.2. The predicted octanol–water partition coefficient (Wildman–Crippen LogP) is 0.275. The number of rotatable bonds is 0. The van der Waals surface area contributed by atoms with Crippen LogP contribution in [0.1, 0.15) is 0 Å². The number of halogens is 2. The van der Waals surface area contributed by atoms with Crippen LogP contribution < -0.4 is 5.69 Å². The van der Waals surface area contributed by atoms with Gasteiger partial charge in [-0.1, -0.05) is 0 Å². The van der Waals surface area contributed by atoms with E-state index in [1.165, 1.54) is 7.05 Å². The molecule has 1 N–H and O–H groups in total. The number of aromatic amines is 1. The summed E-state index contributed by atoms with van der Waals surface area (Å²) in [6.07, 6.45) is 0. The molecule has 0 saturated heterocycles. The molecule has 52 valence electrons. The van der Waals surface area contributed by atoms with E-state index in [1.807, 2.05) is 0 Å². The number of tetrazole rings is 1. The summed E-state index contributed by atoms with van der Waals surface area (Å²) in [5.74, 6) is 0. The van der Waals surface area contributed by atoms with E-state index < -0.39 is 0 Å². The van der Waals surface area contributed by atoms with Crippen LogP contribution in [0.4, 0.5) is 0 Å². The zero-order valence-corrected chi connectivity index (χ0v) is 8.82. The van der Waals surface area contributed by atoms with Crippen molar-refractivity contribution in [3.63, 3.8) is 0 Å². The molecule has 9 heavy (non-hydrogen) atoms. The lowest BCUT2D eigenvalue weighted by molar-refractivity contribution is 0.695. The number of nitrogens with one attached hydrogen (secondary N) is 1. The van der Waals surface area contributed by atoms with Crippen LogP contribution in [0, 0.1) is 0 Å². The predicted molar refractivity (Wildman–Crippen MR) is 49.7 cm³/mol. The standard InChI is InChI=1S/C2H4N4O.I2/c1-6-2(7)3-4-5-6;1-2/h1H3,(H,3,5,7);. The summed E-state index contributed by atoms with van der Waals surface area (Å²) in [6.45, 7) is 0. The van der Waals surface area contributed by atoms with Gasteiger partial charge in [-0.3, -0.25) is 0 Å². The topological polar surface area (TPSA) is 63.6 Å². The summed E-state index contributed by atoms with van der Waals surface area (Å²) in [5.41, 5.74) is -0.292. The van der Waals surface area contributed by atoms with Crippen LogP contribution >= 0.6 is 37.2 Å². The van der Waals surface area contributed by atoms with Crippen molar-refractivity contribution in [1.29, 1.82) is 0 Å². The number of aryl methyl sites for hydroxylation is 1. The van der Waals surface area contributed by atoms with Crippen LogP contribution in [0.5, 0.6) is 0 Å². The minimum Gasteiger partial charge on any atom is -0.245 e. The van der Waals surface area contributed by atoms with Crippen LogP contribution in [-0.2, 0) is 7.05 Å². The van der Waals surface area contributed by atoms with Crippen molar-refractivity contribution in [2.24, 2.45) is 7.05 Å². The highest BCUT2D eigenvalue weighted by atomic mass is 128. The molecule has 0 unspecified atom stereocenters. The van der Waals surface area contributed by atoms with Gasteiger partial charge in [0, 0.05) is 44.3 Å². The fourth-order valence-corrected chi connectivity index (χ4v) is 0.245. The van der Waals surface area contributed by atoms with Crippen LogP contribution in [0.15, 0.2) is 4.79 Å². The highest BCUT2D eigenvalue weighted by Crippen LogP contribution is 1.89. The molecule has 0 aromatic carbocycles. The van der Waals surface area contributed by atoms with E-state index >= 15 is 0 Å². The van der Waals surface area contributed by atoms with Gasteiger partial charge < -0.3 is 0 Å². The van der Waals surface area contributed by atoms with E-state index in [4.69, 9.17) is 0 Å². The number of nitrogens with zero attached hydrogens (tertiary/aromatic N) is 3. The van der Waals surface area contributed by atoms with Crippen LogP contribution in [0.2, 0.25) is 0 Å². The molecule has 1 heterocycles. The maximum Gasteiger partial charge on any atom is 0.360 e. The summed E-state index contributed by atoms with van der Waals surface area (Å²) in [6, 6.07) is 0. The highest BCUT2D eigenvalue weighted by Gasteiger charge is 1.84. The quantitative estimate of drug-likeness (QED) is 0.681. The first-order valence-corrected chi connectivity index (χ1v) is 8.18. The molecule has 0 bridgehead atoms. The number of hydrogen-bond donors (Lipinski definition) is 1. The first-order valence-electron chi connectivity index (χ1n) is 1.89. The van der Waals surface area contributed by atoms with Crippen molar-refractivity contribution in [3.8, 4) is 0 Å². The molecule has 1 rings (SSSR count). The Morgan fingerprint density at radius 2 is 2.22 bits per heavy atom. The lowest BCUT2D eigenvalue weighted by Gasteiger charge is -1.71. The second-order valence-corrected chi connectivity index (χ2v) is 1.13. The molecular formula is C2H4I2N4O. The second kappa shape index (κ2) is 5.14. The van der Waals surface area contributed by atoms with Gasteiger partial charge >= 0.3 is 5.69 Å². The van der Waals surface area contributed by atoms with Crippen molar-refractivity contribution in [1.82, 2.24) is 20.2 Å². The van der Waals surface area contributed by atoms with Crippen molar-refractivity contribution < 1.29 is 0 Å². The van der Waals surface area contributed by atoms with Crippen molar-refractivity contribution >= 4 is 37.2 Å². The number of aromatic nitrogens is 4. The minimum absolute atomic E-state index is 0.292. The van der Waals surface area contributed by atoms with Gasteiger partial charge in [-0.05, 0) is 10.4 Å². The van der Waals surface area contributed by atoms with E-state index in [0.29, 0.717) is 0 Å². The molecule has 0 spiro atoms. The van der Waals surface area contributed by atoms with Gasteiger partial charge in [-0.15, -0.1) is 0 Å². The smallest absolute Gasteiger partial charge is 0.245 e. The monoisotopic (exact) mass is 354 g/mol. The molecule has 0 atom stereocenters. The Kier molecular flexibility index (Phi) is 5.33. The van der Waals surface area contributed by atoms with Gasteiger partial charge in [-0.25, -0.2) is 9.89 Å². The molecule has 0 aliphatic heterocycles. The van der Waals surface area contributed by atoms with E-state index in [0.717, 1.165) is 4.68 Å². The fraction of sp³-hybridized carbons (Fsp3) is 0.500.